The zero-order valence-corrected chi connectivity index (χ0v) is 12.2. The molecule has 0 aliphatic heterocycles. The Morgan fingerprint density at radius 2 is 2.00 bits per heavy atom. The number of aryl methyl sites for hydroxylation is 1. The number of nitrogens with zero attached hydrogens (tertiary/aromatic N) is 3. The van der Waals surface area contributed by atoms with E-state index < -0.39 is 11.9 Å². The third-order valence-corrected chi connectivity index (χ3v) is 3.82. The number of hydrogen-bond acceptors (Lipinski definition) is 6. The van der Waals surface area contributed by atoms with Crippen molar-refractivity contribution in [3.05, 3.63) is 47.3 Å². The smallest absolute Gasteiger partial charge is 0.335 e. The summed E-state index contributed by atoms with van der Waals surface area (Å²) in [6, 6.07) is 7.88. The molecule has 2 N–H and O–H groups in total. The standard InChI is InChI=1S/C14H10N4O3S/c1-7-2-4-10(18-17-7)12(19)16-14-15-9-5-3-8(13(20)21)6-11(9)22-14/h2-6H,1H3,(H,20,21)(H,15,16,19). The van der Waals surface area contributed by atoms with Crippen molar-refractivity contribution in [2.45, 2.75) is 6.92 Å². The molecule has 0 fully saturated rings. The number of thiazole rings is 1. The molecule has 3 rings (SSSR count). The zero-order valence-electron chi connectivity index (χ0n) is 11.4. The van der Waals surface area contributed by atoms with E-state index in [9.17, 15) is 9.59 Å². The van der Waals surface area contributed by atoms with Crippen molar-refractivity contribution in [3.63, 3.8) is 0 Å². The summed E-state index contributed by atoms with van der Waals surface area (Å²) in [6.07, 6.45) is 0. The molecule has 2 heterocycles. The molecule has 0 radical (unpaired) electrons. The Hall–Kier alpha value is -2.87. The van der Waals surface area contributed by atoms with E-state index in [1.54, 1.807) is 25.1 Å². The second-order valence-corrected chi connectivity index (χ2v) is 5.55. The van der Waals surface area contributed by atoms with Gasteiger partial charge in [-0.05, 0) is 37.3 Å². The molecule has 0 unspecified atom stereocenters. The minimum atomic E-state index is -1.00. The lowest BCUT2D eigenvalue weighted by atomic mass is 10.2. The largest absolute Gasteiger partial charge is 0.478 e. The summed E-state index contributed by atoms with van der Waals surface area (Å²) in [4.78, 5) is 27.2. The van der Waals surface area contributed by atoms with Gasteiger partial charge in [0.05, 0.1) is 21.5 Å². The topological polar surface area (TPSA) is 105 Å². The first-order valence-corrected chi connectivity index (χ1v) is 7.10. The van der Waals surface area contributed by atoms with Gasteiger partial charge in [0.2, 0.25) is 0 Å². The zero-order chi connectivity index (χ0) is 15.7. The fraction of sp³-hybridized carbons (Fsp3) is 0.0714. The molecular weight excluding hydrogens is 304 g/mol. The van der Waals surface area contributed by atoms with Crippen LogP contribution in [0.25, 0.3) is 10.2 Å². The number of benzene rings is 1. The van der Waals surface area contributed by atoms with Crippen LogP contribution in [0.5, 0.6) is 0 Å². The molecular formula is C14H10N4O3S. The summed E-state index contributed by atoms with van der Waals surface area (Å²) in [6.45, 7) is 1.78. The number of carbonyl (C=O) groups is 2. The van der Waals surface area contributed by atoms with Gasteiger partial charge in [0, 0.05) is 0 Å². The van der Waals surface area contributed by atoms with E-state index in [4.69, 9.17) is 5.11 Å². The van der Waals surface area contributed by atoms with Crippen LogP contribution in [0.2, 0.25) is 0 Å². The lowest BCUT2D eigenvalue weighted by Gasteiger charge is -1.99. The summed E-state index contributed by atoms with van der Waals surface area (Å²) >= 11 is 1.20. The molecule has 0 saturated heterocycles. The Kier molecular flexibility index (Phi) is 3.51. The van der Waals surface area contributed by atoms with Crippen LogP contribution in [0.15, 0.2) is 30.3 Å². The Bertz CT molecular complexity index is 873. The van der Waals surface area contributed by atoms with Crippen molar-refractivity contribution in [2.24, 2.45) is 0 Å². The monoisotopic (exact) mass is 314 g/mol. The van der Waals surface area contributed by atoms with Crippen LogP contribution in [0.1, 0.15) is 26.5 Å². The molecule has 0 saturated carbocycles. The fourth-order valence-corrected chi connectivity index (χ4v) is 2.69. The first kappa shape index (κ1) is 14.1. The van der Waals surface area contributed by atoms with Gasteiger partial charge in [-0.15, -0.1) is 5.10 Å². The van der Waals surface area contributed by atoms with E-state index in [1.807, 2.05) is 0 Å². The van der Waals surface area contributed by atoms with Crippen molar-refractivity contribution >= 4 is 38.6 Å². The molecule has 22 heavy (non-hydrogen) atoms. The maximum Gasteiger partial charge on any atom is 0.335 e. The second-order valence-electron chi connectivity index (χ2n) is 4.52. The van der Waals surface area contributed by atoms with Gasteiger partial charge < -0.3 is 5.11 Å². The average Bonchev–Trinajstić information content (AvgIpc) is 2.88. The SMILES string of the molecule is Cc1ccc(C(=O)Nc2nc3ccc(C(=O)O)cc3s2)nn1. The predicted molar refractivity (Wildman–Crippen MR) is 81.3 cm³/mol. The van der Waals surface area contributed by atoms with Gasteiger partial charge in [0.15, 0.2) is 10.8 Å². The predicted octanol–water partition coefficient (Wildman–Crippen LogP) is 2.35. The Balaban J connectivity index is 1.86. The van der Waals surface area contributed by atoms with Crippen molar-refractivity contribution in [3.8, 4) is 0 Å². The summed E-state index contributed by atoms with van der Waals surface area (Å²) in [5, 5.41) is 19.6. The number of nitrogens with one attached hydrogen (secondary N) is 1. The number of hydrogen-bond donors (Lipinski definition) is 2. The molecule has 2 aromatic heterocycles. The molecule has 0 spiro atoms. The summed E-state index contributed by atoms with van der Waals surface area (Å²) in [7, 11) is 0. The number of aromatic nitrogens is 3. The first-order valence-electron chi connectivity index (χ1n) is 6.28. The van der Waals surface area contributed by atoms with Crippen LogP contribution < -0.4 is 5.32 Å². The quantitative estimate of drug-likeness (QED) is 0.768. The average molecular weight is 314 g/mol. The molecule has 3 aromatic rings. The minimum absolute atomic E-state index is 0.179. The lowest BCUT2D eigenvalue weighted by molar-refractivity contribution is 0.0697. The molecule has 1 amide bonds. The maximum absolute atomic E-state index is 12.0. The number of carboxylic acids is 1. The van der Waals surface area contributed by atoms with Crippen molar-refractivity contribution in [2.75, 3.05) is 5.32 Å². The summed E-state index contributed by atoms with van der Waals surface area (Å²) < 4.78 is 0.685. The number of aromatic carboxylic acids is 1. The molecule has 8 heteroatoms. The minimum Gasteiger partial charge on any atom is -0.478 e. The highest BCUT2D eigenvalue weighted by Gasteiger charge is 2.12. The van der Waals surface area contributed by atoms with Crippen molar-refractivity contribution in [1.29, 1.82) is 0 Å². The number of fused-ring (bicyclic) bond motifs is 1. The highest BCUT2D eigenvalue weighted by molar-refractivity contribution is 7.22. The highest BCUT2D eigenvalue weighted by atomic mass is 32.1. The fourth-order valence-electron chi connectivity index (χ4n) is 1.79. The Morgan fingerprint density at radius 1 is 1.18 bits per heavy atom. The van der Waals surface area contributed by atoms with E-state index in [0.29, 0.717) is 15.3 Å². The van der Waals surface area contributed by atoms with Gasteiger partial charge >= 0.3 is 5.97 Å². The van der Waals surface area contributed by atoms with Crippen LogP contribution in [-0.2, 0) is 0 Å². The van der Waals surface area contributed by atoms with Gasteiger partial charge in [-0.3, -0.25) is 10.1 Å². The molecule has 0 atom stereocenters. The van der Waals surface area contributed by atoms with Crippen molar-refractivity contribution in [1.82, 2.24) is 15.2 Å². The Labute approximate surface area is 128 Å². The van der Waals surface area contributed by atoms with Crippen molar-refractivity contribution < 1.29 is 14.7 Å². The first-order chi connectivity index (χ1) is 10.5. The van der Waals surface area contributed by atoms with Gasteiger partial charge in [-0.1, -0.05) is 11.3 Å². The van der Waals surface area contributed by atoms with Gasteiger partial charge in [0.25, 0.3) is 5.91 Å². The molecule has 0 bridgehead atoms. The van der Waals surface area contributed by atoms with Gasteiger partial charge in [-0.2, -0.15) is 5.10 Å². The molecule has 0 aliphatic rings. The number of rotatable bonds is 3. The van der Waals surface area contributed by atoms with Gasteiger partial charge in [0.1, 0.15) is 0 Å². The van der Waals surface area contributed by atoms with Gasteiger partial charge in [-0.25, -0.2) is 9.78 Å². The van der Waals surface area contributed by atoms with Crippen LogP contribution in [0, 0.1) is 6.92 Å². The summed E-state index contributed by atoms with van der Waals surface area (Å²) in [5.74, 6) is -1.42. The van der Waals surface area contributed by atoms with E-state index in [0.717, 1.165) is 5.69 Å². The van der Waals surface area contributed by atoms with Crippen LogP contribution in [-0.4, -0.2) is 32.2 Å². The highest BCUT2D eigenvalue weighted by Crippen LogP contribution is 2.27. The molecule has 0 aliphatic carbocycles. The third kappa shape index (κ3) is 2.77. The molecule has 1 aromatic carbocycles. The van der Waals surface area contributed by atoms with Crippen LogP contribution >= 0.6 is 11.3 Å². The normalized spacial score (nSPS) is 10.6. The second kappa shape index (κ2) is 5.49. The van der Waals surface area contributed by atoms with E-state index in [1.165, 1.54) is 23.5 Å². The maximum atomic E-state index is 12.0. The number of amides is 1. The third-order valence-electron chi connectivity index (χ3n) is 2.89. The number of anilines is 1. The van der Waals surface area contributed by atoms with Crippen LogP contribution in [0.4, 0.5) is 5.13 Å². The van der Waals surface area contributed by atoms with E-state index in [2.05, 4.69) is 20.5 Å². The Morgan fingerprint density at radius 3 is 2.68 bits per heavy atom. The molecule has 7 nitrogen and oxygen atoms in total. The molecule has 110 valence electrons. The summed E-state index contributed by atoms with van der Waals surface area (Å²) in [5.41, 5.74) is 1.72. The van der Waals surface area contributed by atoms with E-state index >= 15 is 0 Å². The van der Waals surface area contributed by atoms with E-state index in [-0.39, 0.29) is 11.3 Å². The number of carbonyl (C=O) groups excluding carboxylic acids is 1. The number of carboxylic acid groups (broad SMARTS) is 1. The van der Waals surface area contributed by atoms with Crippen LogP contribution in [0.3, 0.4) is 0 Å². The lowest BCUT2D eigenvalue weighted by Crippen LogP contribution is -2.14.